The van der Waals surface area contributed by atoms with E-state index in [4.69, 9.17) is 9.47 Å². The Balaban J connectivity index is 1.89. The molecule has 3 rings (SSSR count). The number of carbonyl (C=O) groups is 1. The number of pyridine rings is 1. The van der Waals surface area contributed by atoms with Gasteiger partial charge in [0.1, 0.15) is 0 Å². The number of hydrogen-bond acceptors (Lipinski definition) is 4. The van der Waals surface area contributed by atoms with Crippen LogP contribution in [-0.2, 0) is 0 Å². The zero-order chi connectivity index (χ0) is 17.1. The number of amides is 1. The molecule has 1 amide bonds. The number of hydrogen-bond donors (Lipinski definition) is 1. The summed E-state index contributed by atoms with van der Waals surface area (Å²) < 4.78 is 10.6. The molecule has 1 atom stereocenters. The topological polar surface area (TPSA) is 71.6 Å². The third-order valence-electron chi connectivity index (χ3n) is 4.34. The molecule has 1 aromatic heterocycles. The van der Waals surface area contributed by atoms with Gasteiger partial charge in [0.2, 0.25) is 5.56 Å². The summed E-state index contributed by atoms with van der Waals surface area (Å²) in [5.41, 5.74) is 1.29. The van der Waals surface area contributed by atoms with Crippen LogP contribution < -0.4 is 15.0 Å². The highest BCUT2D eigenvalue weighted by Gasteiger charge is 2.31. The van der Waals surface area contributed by atoms with E-state index in [0.29, 0.717) is 23.6 Å². The molecule has 126 valence electrons. The minimum absolute atomic E-state index is 0.00997. The quantitative estimate of drug-likeness (QED) is 0.935. The number of ether oxygens (including phenoxy) is 2. The van der Waals surface area contributed by atoms with Gasteiger partial charge in [-0.3, -0.25) is 9.59 Å². The Morgan fingerprint density at radius 1 is 1.17 bits per heavy atom. The second-order valence-corrected chi connectivity index (χ2v) is 5.71. The largest absolute Gasteiger partial charge is 0.493 e. The van der Waals surface area contributed by atoms with Crippen LogP contribution in [-0.4, -0.2) is 36.6 Å². The van der Waals surface area contributed by atoms with Crippen LogP contribution in [0.4, 0.5) is 0 Å². The number of H-pyrrole nitrogens is 1. The predicted molar refractivity (Wildman–Crippen MR) is 89.6 cm³/mol. The second kappa shape index (κ2) is 6.78. The lowest BCUT2D eigenvalue weighted by Crippen LogP contribution is -2.31. The van der Waals surface area contributed by atoms with E-state index in [1.54, 1.807) is 20.3 Å². The molecule has 1 saturated heterocycles. The van der Waals surface area contributed by atoms with Gasteiger partial charge in [0.15, 0.2) is 11.5 Å². The summed E-state index contributed by atoms with van der Waals surface area (Å²) in [5, 5.41) is 0. The first-order chi connectivity index (χ1) is 11.6. The fourth-order valence-electron chi connectivity index (χ4n) is 3.13. The molecule has 0 aliphatic carbocycles. The van der Waals surface area contributed by atoms with Crippen LogP contribution >= 0.6 is 0 Å². The van der Waals surface area contributed by atoms with Gasteiger partial charge in [0.05, 0.1) is 25.8 Å². The highest BCUT2D eigenvalue weighted by Crippen LogP contribution is 2.37. The first-order valence-corrected chi connectivity index (χ1v) is 7.85. The summed E-state index contributed by atoms with van der Waals surface area (Å²) in [6, 6.07) is 8.66. The molecule has 0 saturated carbocycles. The first kappa shape index (κ1) is 16.1. The molecule has 0 radical (unpaired) electrons. The fourth-order valence-corrected chi connectivity index (χ4v) is 3.13. The molecule has 0 spiro atoms. The Hall–Kier alpha value is -2.76. The standard InChI is InChI=1S/C18H20N2O4/c1-23-15-7-5-12(10-16(15)24-2)14-4-3-9-20(14)18(22)13-6-8-17(21)19-11-13/h5-8,10-11,14H,3-4,9H2,1-2H3,(H,19,21). The summed E-state index contributed by atoms with van der Waals surface area (Å²) in [5.74, 6) is 1.24. The summed E-state index contributed by atoms with van der Waals surface area (Å²) in [6.07, 6.45) is 3.30. The number of nitrogens with one attached hydrogen (secondary N) is 1. The maximum Gasteiger partial charge on any atom is 0.255 e. The molecule has 2 heterocycles. The average Bonchev–Trinajstić information content (AvgIpc) is 3.10. The molecule has 1 unspecified atom stereocenters. The number of nitrogens with zero attached hydrogens (tertiary/aromatic N) is 1. The van der Waals surface area contributed by atoms with E-state index in [-0.39, 0.29) is 17.5 Å². The van der Waals surface area contributed by atoms with E-state index in [2.05, 4.69) is 4.98 Å². The van der Waals surface area contributed by atoms with Gasteiger partial charge in [0.25, 0.3) is 5.91 Å². The Bertz CT molecular complexity index is 779. The van der Waals surface area contributed by atoms with Crippen molar-refractivity contribution in [3.05, 3.63) is 58.0 Å². The molecule has 1 aliphatic heterocycles. The smallest absolute Gasteiger partial charge is 0.255 e. The van der Waals surface area contributed by atoms with Crippen LogP contribution in [0.2, 0.25) is 0 Å². The van der Waals surface area contributed by atoms with Crippen molar-refractivity contribution in [1.82, 2.24) is 9.88 Å². The molecular formula is C18H20N2O4. The van der Waals surface area contributed by atoms with Crippen LogP contribution in [0.15, 0.2) is 41.3 Å². The summed E-state index contributed by atoms with van der Waals surface area (Å²) in [7, 11) is 3.19. The zero-order valence-electron chi connectivity index (χ0n) is 13.7. The van der Waals surface area contributed by atoms with Crippen molar-refractivity contribution in [1.29, 1.82) is 0 Å². The molecule has 2 aromatic rings. The molecule has 6 nitrogen and oxygen atoms in total. The van der Waals surface area contributed by atoms with Gasteiger partial charge in [-0.05, 0) is 36.6 Å². The third kappa shape index (κ3) is 2.99. The van der Waals surface area contributed by atoms with E-state index in [0.717, 1.165) is 18.4 Å². The lowest BCUT2D eigenvalue weighted by Gasteiger charge is -2.25. The number of likely N-dealkylation sites (tertiary alicyclic amines) is 1. The van der Waals surface area contributed by atoms with Gasteiger partial charge < -0.3 is 19.4 Å². The summed E-state index contributed by atoms with van der Waals surface area (Å²) in [6.45, 7) is 0.691. The molecule has 6 heteroatoms. The first-order valence-electron chi connectivity index (χ1n) is 7.85. The van der Waals surface area contributed by atoms with Crippen molar-refractivity contribution >= 4 is 5.91 Å². The number of methoxy groups -OCH3 is 2. The number of aromatic nitrogens is 1. The molecular weight excluding hydrogens is 308 g/mol. The maximum atomic E-state index is 12.8. The van der Waals surface area contributed by atoms with Gasteiger partial charge >= 0.3 is 0 Å². The minimum Gasteiger partial charge on any atom is -0.493 e. The fraction of sp³-hybridized carbons (Fsp3) is 0.333. The Morgan fingerprint density at radius 2 is 1.96 bits per heavy atom. The van der Waals surface area contributed by atoms with Crippen LogP contribution in [0.1, 0.15) is 34.8 Å². The molecule has 0 bridgehead atoms. The molecule has 1 N–H and O–H groups in total. The minimum atomic E-state index is -0.218. The van der Waals surface area contributed by atoms with Crippen molar-refractivity contribution in [2.75, 3.05) is 20.8 Å². The molecule has 24 heavy (non-hydrogen) atoms. The van der Waals surface area contributed by atoms with Crippen LogP contribution in [0.5, 0.6) is 11.5 Å². The lowest BCUT2D eigenvalue weighted by atomic mass is 10.0. The van der Waals surface area contributed by atoms with Gasteiger partial charge in [-0.25, -0.2) is 0 Å². The Morgan fingerprint density at radius 3 is 2.62 bits per heavy atom. The Kier molecular flexibility index (Phi) is 4.55. The van der Waals surface area contributed by atoms with Crippen molar-refractivity contribution in [3.8, 4) is 11.5 Å². The van der Waals surface area contributed by atoms with Gasteiger partial charge in [-0.2, -0.15) is 0 Å². The third-order valence-corrected chi connectivity index (χ3v) is 4.34. The van der Waals surface area contributed by atoms with Crippen LogP contribution in [0, 0.1) is 0 Å². The van der Waals surface area contributed by atoms with Gasteiger partial charge in [0, 0.05) is 18.8 Å². The molecule has 1 fully saturated rings. The van der Waals surface area contributed by atoms with E-state index in [1.165, 1.54) is 12.3 Å². The SMILES string of the molecule is COc1ccc(C2CCCN2C(=O)c2ccc(=O)[nH]c2)cc1OC. The van der Waals surface area contributed by atoms with E-state index in [9.17, 15) is 9.59 Å². The van der Waals surface area contributed by atoms with E-state index >= 15 is 0 Å². The second-order valence-electron chi connectivity index (χ2n) is 5.71. The molecule has 1 aliphatic rings. The van der Waals surface area contributed by atoms with Crippen LogP contribution in [0.25, 0.3) is 0 Å². The van der Waals surface area contributed by atoms with Crippen molar-refractivity contribution in [2.24, 2.45) is 0 Å². The van der Waals surface area contributed by atoms with Crippen molar-refractivity contribution in [3.63, 3.8) is 0 Å². The van der Waals surface area contributed by atoms with Gasteiger partial charge in [-0.1, -0.05) is 6.07 Å². The predicted octanol–water partition coefficient (Wildman–Crippen LogP) is 2.37. The van der Waals surface area contributed by atoms with E-state index in [1.807, 2.05) is 23.1 Å². The van der Waals surface area contributed by atoms with Crippen molar-refractivity contribution in [2.45, 2.75) is 18.9 Å². The number of benzene rings is 1. The molecule has 1 aromatic carbocycles. The number of rotatable bonds is 4. The average molecular weight is 328 g/mol. The monoisotopic (exact) mass is 328 g/mol. The normalized spacial score (nSPS) is 16.9. The Labute approximate surface area is 140 Å². The highest BCUT2D eigenvalue weighted by molar-refractivity contribution is 5.94. The zero-order valence-corrected chi connectivity index (χ0v) is 13.7. The summed E-state index contributed by atoms with van der Waals surface area (Å²) in [4.78, 5) is 28.3. The highest BCUT2D eigenvalue weighted by atomic mass is 16.5. The maximum absolute atomic E-state index is 12.8. The van der Waals surface area contributed by atoms with Gasteiger partial charge in [-0.15, -0.1) is 0 Å². The number of carbonyl (C=O) groups excluding carboxylic acids is 1. The van der Waals surface area contributed by atoms with E-state index < -0.39 is 0 Å². The van der Waals surface area contributed by atoms with Crippen LogP contribution in [0.3, 0.4) is 0 Å². The number of aromatic amines is 1. The summed E-state index contributed by atoms with van der Waals surface area (Å²) >= 11 is 0. The lowest BCUT2D eigenvalue weighted by molar-refractivity contribution is 0.0735. The van der Waals surface area contributed by atoms with Crippen molar-refractivity contribution < 1.29 is 14.3 Å².